The number of methoxy groups -OCH3 is 1. The van der Waals surface area contributed by atoms with E-state index in [2.05, 4.69) is 10.2 Å². The number of carbonyl (C=O) groups is 1. The fourth-order valence-corrected chi connectivity index (χ4v) is 3.44. The minimum Gasteiger partial charge on any atom is -0.380 e. The van der Waals surface area contributed by atoms with E-state index >= 15 is 0 Å². The Kier molecular flexibility index (Phi) is 4.19. The topological polar surface area (TPSA) is 59.7 Å². The van der Waals surface area contributed by atoms with Crippen molar-refractivity contribution in [3.05, 3.63) is 65.6 Å². The molecule has 6 nitrogen and oxygen atoms in total. The van der Waals surface area contributed by atoms with Gasteiger partial charge in [-0.05, 0) is 42.7 Å². The molecular weight excluding hydrogens is 316 g/mol. The highest BCUT2D eigenvalue weighted by atomic mass is 16.5. The van der Waals surface area contributed by atoms with Crippen molar-refractivity contribution in [2.75, 3.05) is 13.7 Å². The van der Waals surface area contributed by atoms with Crippen LogP contribution in [-0.4, -0.2) is 39.1 Å². The highest BCUT2D eigenvalue weighted by molar-refractivity contribution is 5.94. The molecule has 0 aliphatic carbocycles. The zero-order valence-corrected chi connectivity index (χ0v) is 14.1. The highest BCUT2D eigenvalue weighted by Crippen LogP contribution is 2.32. The van der Waals surface area contributed by atoms with E-state index in [0.717, 1.165) is 36.4 Å². The zero-order valence-electron chi connectivity index (χ0n) is 14.1. The molecular formula is C19H20N4O2. The summed E-state index contributed by atoms with van der Waals surface area (Å²) in [5.74, 6) is 0.872. The van der Waals surface area contributed by atoms with Gasteiger partial charge in [0.25, 0.3) is 5.91 Å². The second kappa shape index (κ2) is 6.64. The molecule has 1 amide bonds. The molecule has 1 atom stereocenters. The van der Waals surface area contributed by atoms with Gasteiger partial charge in [-0.25, -0.2) is 0 Å². The summed E-state index contributed by atoms with van der Waals surface area (Å²) < 4.78 is 7.09. The van der Waals surface area contributed by atoms with Crippen LogP contribution in [0, 0.1) is 0 Å². The maximum Gasteiger partial charge on any atom is 0.254 e. The maximum absolute atomic E-state index is 13.0. The van der Waals surface area contributed by atoms with Gasteiger partial charge in [0.15, 0.2) is 11.5 Å². The van der Waals surface area contributed by atoms with Gasteiger partial charge in [0.2, 0.25) is 0 Å². The van der Waals surface area contributed by atoms with Crippen LogP contribution in [0.3, 0.4) is 0 Å². The van der Waals surface area contributed by atoms with Crippen LogP contribution in [0.25, 0.3) is 5.65 Å². The van der Waals surface area contributed by atoms with Crippen molar-refractivity contribution in [1.29, 1.82) is 0 Å². The van der Waals surface area contributed by atoms with Gasteiger partial charge in [-0.2, -0.15) is 0 Å². The minimum absolute atomic E-state index is 0.0384. The van der Waals surface area contributed by atoms with Crippen LogP contribution >= 0.6 is 0 Å². The Labute approximate surface area is 146 Å². The van der Waals surface area contributed by atoms with E-state index in [1.807, 2.05) is 58.0 Å². The summed E-state index contributed by atoms with van der Waals surface area (Å²) in [7, 11) is 1.66. The predicted octanol–water partition coefficient (Wildman–Crippen LogP) is 2.85. The molecule has 4 rings (SSSR count). The largest absolute Gasteiger partial charge is 0.380 e. The van der Waals surface area contributed by atoms with Crippen LogP contribution in [-0.2, 0) is 11.3 Å². The Hall–Kier alpha value is -2.73. The van der Waals surface area contributed by atoms with Crippen LogP contribution in [0.4, 0.5) is 0 Å². The average molecular weight is 336 g/mol. The fourth-order valence-electron chi connectivity index (χ4n) is 3.44. The molecule has 2 aromatic heterocycles. The van der Waals surface area contributed by atoms with Crippen LogP contribution in [0.15, 0.2) is 48.7 Å². The van der Waals surface area contributed by atoms with E-state index in [9.17, 15) is 4.79 Å². The lowest BCUT2D eigenvalue weighted by Crippen LogP contribution is -2.31. The molecule has 0 spiro atoms. The van der Waals surface area contributed by atoms with E-state index in [1.54, 1.807) is 7.11 Å². The monoisotopic (exact) mass is 336 g/mol. The number of hydrogen-bond acceptors (Lipinski definition) is 4. The summed E-state index contributed by atoms with van der Waals surface area (Å²) in [6.07, 6.45) is 3.83. The number of ether oxygens (including phenoxy) is 1. The van der Waals surface area contributed by atoms with Crippen molar-refractivity contribution in [3.8, 4) is 0 Å². The Morgan fingerprint density at radius 2 is 2.04 bits per heavy atom. The second-order valence-electron chi connectivity index (χ2n) is 6.27. The third-order valence-electron chi connectivity index (χ3n) is 4.66. The van der Waals surface area contributed by atoms with Gasteiger partial charge >= 0.3 is 0 Å². The van der Waals surface area contributed by atoms with Crippen molar-refractivity contribution in [2.45, 2.75) is 25.5 Å². The quantitative estimate of drug-likeness (QED) is 0.735. The number of hydrogen-bond donors (Lipinski definition) is 0. The van der Waals surface area contributed by atoms with Gasteiger partial charge in [-0.3, -0.25) is 9.20 Å². The number of fused-ring (bicyclic) bond motifs is 1. The number of carbonyl (C=O) groups excluding carboxylic acids is 1. The normalized spacial score (nSPS) is 17.3. The third-order valence-corrected chi connectivity index (χ3v) is 4.66. The number of nitrogens with zero attached hydrogens (tertiary/aromatic N) is 4. The molecule has 0 N–H and O–H groups in total. The van der Waals surface area contributed by atoms with E-state index in [4.69, 9.17) is 4.74 Å². The van der Waals surface area contributed by atoms with E-state index in [-0.39, 0.29) is 11.9 Å². The molecule has 3 heterocycles. The first-order valence-corrected chi connectivity index (χ1v) is 8.46. The molecule has 1 unspecified atom stereocenters. The molecule has 0 radical (unpaired) electrons. The number of pyridine rings is 1. The van der Waals surface area contributed by atoms with Gasteiger partial charge in [-0.1, -0.05) is 18.2 Å². The van der Waals surface area contributed by atoms with Crippen LogP contribution in [0.1, 0.15) is 40.6 Å². The minimum atomic E-state index is -0.0384. The zero-order chi connectivity index (χ0) is 17.2. The SMILES string of the molecule is COCc1ccc(C(=O)N2CCCC2c2nnc3ccccn23)cc1. The molecule has 1 aliphatic heterocycles. The van der Waals surface area contributed by atoms with Gasteiger partial charge in [0.05, 0.1) is 12.6 Å². The predicted molar refractivity (Wildman–Crippen MR) is 93.2 cm³/mol. The highest BCUT2D eigenvalue weighted by Gasteiger charge is 2.33. The molecule has 1 aromatic carbocycles. The molecule has 0 saturated carbocycles. The first-order chi connectivity index (χ1) is 12.3. The number of rotatable bonds is 4. The Morgan fingerprint density at radius 1 is 1.20 bits per heavy atom. The number of benzene rings is 1. The van der Waals surface area contributed by atoms with E-state index < -0.39 is 0 Å². The molecule has 1 saturated heterocycles. The standard InChI is InChI=1S/C19H20N4O2/c1-25-13-14-7-9-15(10-8-14)19(24)22-12-4-5-16(22)18-21-20-17-6-2-3-11-23(17)18/h2-3,6-11,16H,4-5,12-13H2,1H3. The van der Waals surface area contributed by atoms with Crippen molar-refractivity contribution < 1.29 is 9.53 Å². The summed E-state index contributed by atoms with van der Waals surface area (Å²) in [4.78, 5) is 14.9. The number of likely N-dealkylation sites (tertiary alicyclic amines) is 1. The smallest absolute Gasteiger partial charge is 0.254 e. The van der Waals surface area contributed by atoms with Gasteiger partial charge in [0, 0.05) is 25.4 Å². The fraction of sp³-hybridized carbons (Fsp3) is 0.316. The summed E-state index contributed by atoms with van der Waals surface area (Å²) in [5, 5.41) is 8.57. The molecule has 1 aliphatic rings. The third kappa shape index (κ3) is 2.89. The first kappa shape index (κ1) is 15.8. The van der Waals surface area contributed by atoms with Crippen LogP contribution in [0.2, 0.25) is 0 Å². The van der Waals surface area contributed by atoms with Crippen molar-refractivity contribution in [1.82, 2.24) is 19.5 Å². The number of aromatic nitrogens is 3. The lowest BCUT2D eigenvalue weighted by molar-refractivity contribution is 0.0729. The molecule has 0 bridgehead atoms. The summed E-state index contributed by atoms with van der Waals surface area (Å²) in [6, 6.07) is 13.4. The summed E-state index contributed by atoms with van der Waals surface area (Å²) in [6.45, 7) is 1.29. The Morgan fingerprint density at radius 3 is 2.84 bits per heavy atom. The van der Waals surface area contributed by atoms with Gasteiger partial charge < -0.3 is 9.64 Å². The van der Waals surface area contributed by atoms with Crippen molar-refractivity contribution in [3.63, 3.8) is 0 Å². The van der Waals surface area contributed by atoms with Crippen LogP contribution in [0.5, 0.6) is 0 Å². The average Bonchev–Trinajstić information content (AvgIpc) is 3.28. The summed E-state index contributed by atoms with van der Waals surface area (Å²) >= 11 is 0. The Bertz CT molecular complexity index is 888. The van der Waals surface area contributed by atoms with E-state index in [0.29, 0.717) is 12.2 Å². The van der Waals surface area contributed by atoms with Crippen molar-refractivity contribution >= 4 is 11.6 Å². The van der Waals surface area contributed by atoms with Crippen LogP contribution < -0.4 is 0 Å². The maximum atomic E-state index is 13.0. The number of amides is 1. The lowest BCUT2D eigenvalue weighted by atomic mass is 10.1. The first-order valence-electron chi connectivity index (χ1n) is 8.46. The molecule has 128 valence electrons. The molecule has 6 heteroatoms. The second-order valence-corrected chi connectivity index (χ2v) is 6.27. The summed E-state index contributed by atoms with van der Waals surface area (Å²) in [5.41, 5.74) is 2.56. The molecule has 25 heavy (non-hydrogen) atoms. The molecule has 1 fully saturated rings. The van der Waals surface area contributed by atoms with Gasteiger partial charge in [-0.15, -0.1) is 10.2 Å². The lowest BCUT2D eigenvalue weighted by Gasteiger charge is -2.23. The Balaban J connectivity index is 1.61. The van der Waals surface area contributed by atoms with E-state index in [1.165, 1.54) is 0 Å². The van der Waals surface area contributed by atoms with Gasteiger partial charge in [0.1, 0.15) is 0 Å². The van der Waals surface area contributed by atoms with Crippen molar-refractivity contribution in [2.24, 2.45) is 0 Å². The molecule has 3 aromatic rings.